The molecule has 1 aliphatic heterocycles. The van der Waals surface area contributed by atoms with Gasteiger partial charge in [-0.2, -0.15) is 5.10 Å². The van der Waals surface area contributed by atoms with E-state index in [1.165, 1.54) is 0 Å². The number of hydrogen-bond acceptors (Lipinski definition) is 3. The van der Waals surface area contributed by atoms with Crippen molar-refractivity contribution in [2.24, 2.45) is 5.92 Å². The number of hydrogen-bond donors (Lipinski definition) is 0. The summed E-state index contributed by atoms with van der Waals surface area (Å²) in [6.45, 7) is 13.6. The van der Waals surface area contributed by atoms with E-state index in [4.69, 9.17) is 9.31 Å². The van der Waals surface area contributed by atoms with Crippen molar-refractivity contribution in [1.82, 2.24) is 9.78 Å². The summed E-state index contributed by atoms with van der Waals surface area (Å²) in [5.74, 6) is 0.580. The minimum Gasteiger partial charge on any atom is -0.399 e. The fourth-order valence-corrected chi connectivity index (χ4v) is 2.69. The molecular weight excluding hydrogens is 275 g/mol. The van der Waals surface area contributed by atoms with Crippen LogP contribution in [0.3, 0.4) is 0 Å². The van der Waals surface area contributed by atoms with Crippen LogP contribution in [0.25, 0.3) is 10.9 Å². The second-order valence-corrected chi connectivity index (χ2v) is 7.65. The third kappa shape index (κ3) is 2.68. The first kappa shape index (κ1) is 15.6. The van der Waals surface area contributed by atoms with Crippen LogP contribution in [0.4, 0.5) is 0 Å². The van der Waals surface area contributed by atoms with Crippen LogP contribution in [0.1, 0.15) is 41.5 Å². The number of rotatable bonds is 3. The van der Waals surface area contributed by atoms with E-state index >= 15 is 0 Å². The Balaban J connectivity index is 1.90. The minimum atomic E-state index is -0.317. The minimum absolute atomic E-state index is 0.311. The van der Waals surface area contributed by atoms with Gasteiger partial charge >= 0.3 is 7.12 Å². The highest BCUT2D eigenvalue weighted by Crippen LogP contribution is 2.36. The molecule has 1 fully saturated rings. The Morgan fingerprint density at radius 2 is 1.77 bits per heavy atom. The number of benzene rings is 1. The Bertz CT molecular complexity index is 675. The first-order valence-corrected chi connectivity index (χ1v) is 8.01. The molecule has 1 aromatic carbocycles. The standard InChI is InChI=1S/C17H25BN2O2/c1-12(2)10-20-11-13-9-14(7-8-15(13)19-20)18-21-16(3,4)17(5,6)22-18/h7-9,11-12H,10H2,1-6H3. The lowest BCUT2D eigenvalue weighted by Crippen LogP contribution is -2.41. The molecule has 1 saturated heterocycles. The van der Waals surface area contributed by atoms with Gasteiger partial charge in [0.05, 0.1) is 16.7 Å². The first-order chi connectivity index (χ1) is 10.2. The fourth-order valence-electron chi connectivity index (χ4n) is 2.69. The SMILES string of the molecule is CC(C)Cn1cc2cc(B3OC(C)(C)C(C)(C)O3)ccc2n1. The van der Waals surface area contributed by atoms with Crippen molar-refractivity contribution in [2.75, 3.05) is 0 Å². The zero-order valence-electron chi connectivity index (χ0n) is 14.4. The summed E-state index contributed by atoms with van der Waals surface area (Å²) in [5, 5.41) is 5.75. The van der Waals surface area contributed by atoms with Crippen LogP contribution >= 0.6 is 0 Å². The molecule has 4 nitrogen and oxygen atoms in total. The molecule has 0 aliphatic carbocycles. The van der Waals surface area contributed by atoms with Gasteiger partial charge in [-0.05, 0) is 45.1 Å². The topological polar surface area (TPSA) is 36.3 Å². The van der Waals surface area contributed by atoms with Gasteiger partial charge in [0.25, 0.3) is 0 Å². The Hall–Kier alpha value is -1.33. The summed E-state index contributed by atoms with van der Waals surface area (Å²) < 4.78 is 14.3. The van der Waals surface area contributed by atoms with E-state index in [1.807, 2.05) is 10.7 Å². The van der Waals surface area contributed by atoms with Crippen LogP contribution in [0.15, 0.2) is 24.4 Å². The van der Waals surface area contributed by atoms with Gasteiger partial charge < -0.3 is 9.31 Å². The summed E-state index contributed by atoms with van der Waals surface area (Å²) in [5.41, 5.74) is 1.44. The van der Waals surface area contributed by atoms with E-state index in [-0.39, 0.29) is 18.3 Å². The summed E-state index contributed by atoms with van der Waals surface area (Å²) in [4.78, 5) is 0. The highest BCUT2D eigenvalue weighted by molar-refractivity contribution is 6.62. The van der Waals surface area contributed by atoms with Crippen molar-refractivity contribution in [3.05, 3.63) is 24.4 Å². The molecule has 1 aromatic heterocycles. The molecule has 0 atom stereocenters. The molecule has 3 rings (SSSR count). The zero-order chi connectivity index (χ0) is 16.1. The summed E-state index contributed by atoms with van der Waals surface area (Å²) >= 11 is 0. The highest BCUT2D eigenvalue weighted by atomic mass is 16.7. The van der Waals surface area contributed by atoms with Crippen molar-refractivity contribution < 1.29 is 9.31 Å². The zero-order valence-corrected chi connectivity index (χ0v) is 14.4. The van der Waals surface area contributed by atoms with Gasteiger partial charge in [0, 0.05) is 18.1 Å². The molecule has 1 aliphatic rings. The van der Waals surface area contributed by atoms with E-state index in [0.29, 0.717) is 5.92 Å². The smallest absolute Gasteiger partial charge is 0.399 e. The first-order valence-electron chi connectivity index (χ1n) is 8.01. The molecule has 5 heteroatoms. The molecule has 0 N–H and O–H groups in total. The summed E-state index contributed by atoms with van der Waals surface area (Å²) in [7, 11) is -0.317. The quantitative estimate of drug-likeness (QED) is 0.818. The lowest BCUT2D eigenvalue weighted by atomic mass is 9.79. The van der Waals surface area contributed by atoms with Gasteiger partial charge in [0.1, 0.15) is 0 Å². The van der Waals surface area contributed by atoms with Crippen molar-refractivity contribution in [3.8, 4) is 0 Å². The Morgan fingerprint density at radius 1 is 1.14 bits per heavy atom. The monoisotopic (exact) mass is 300 g/mol. The summed E-state index contributed by atoms with van der Waals surface area (Å²) in [6.07, 6.45) is 2.10. The van der Waals surface area contributed by atoms with Gasteiger partial charge in [0.15, 0.2) is 0 Å². The number of nitrogens with zero attached hydrogens (tertiary/aromatic N) is 2. The van der Waals surface area contributed by atoms with E-state index in [9.17, 15) is 0 Å². The van der Waals surface area contributed by atoms with Gasteiger partial charge in [-0.3, -0.25) is 4.68 Å². The largest absolute Gasteiger partial charge is 0.494 e. The normalized spacial score (nSPS) is 20.2. The summed E-state index contributed by atoms with van der Waals surface area (Å²) in [6, 6.07) is 6.23. The number of fused-ring (bicyclic) bond motifs is 1. The Morgan fingerprint density at radius 3 is 2.36 bits per heavy atom. The molecule has 0 saturated carbocycles. The van der Waals surface area contributed by atoms with Crippen molar-refractivity contribution in [2.45, 2.75) is 59.3 Å². The van der Waals surface area contributed by atoms with Crippen LogP contribution in [0.5, 0.6) is 0 Å². The molecule has 0 spiro atoms. The molecule has 0 bridgehead atoms. The fraction of sp³-hybridized carbons (Fsp3) is 0.588. The van der Waals surface area contributed by atoms with Crippen LogP contribution < -0.4 is 5.46 Å². The molecule has 0 radical (unpaired) electrons. The maximum Gasteiger partial charge on any atom is 0.494 e. The predicted molar refractivity (Wildman–Crippen MR) is 90.3 cm³/mol. The lowest BCUT2D eigenvalue weighted by molar-refractivity contribution is 0.00578. The predicted octanol–water partition coefficient (Wildman–Crippen LogP) is 2.99. The van der Waals surface area contributed by atoms with Crippen molar-refractivity contribution in [1.29, 1.82) is 0 Å². The van der Waals surface area contributed by atoms with E-state index < -0.39 is 0 Å². The van der Waals surface area contributed by atoms with E-state index in [0.717, 1.165) is 22.9 Å². The van der Waals surface area contributed by atoms with Gasteiger partial charge in [0.2, 0.25) is 0 Å². The van der Waals surface area contributed by atoms with Crippen LogP contribution in [-0.2, 0) is 15.9 Å². The Labute approximate surface area is 132 Å². The lowest BCUT2D eigenvalue weighted by Gasteiger charge is -2.32. The van der Waals surface area contributed by atoms with E-state index in [2.05, 4.69) is 65.0 Å². The molecule has 0 unspecified atom stereocenters. The van der Waals surface area contributed by atoms with Crippen LogP contribution in [0.2, 0.25) is 0 Å². The van der Waals surface area contributed by atoms with Gasteiger partial charge in [-0.15, -0.1) is 0 Å². The maximum atomic E-state index is 6.12. The Kier molecular flexibility index (Phi) is 3.61. The van der Waals surface area contributed by atoms with E-state index in [1.54, 1.807) is 0 Å². The third-order valence-corrected chi connectivity index (χ3v) is 4.65. The van der Waals surface area contributed by atoms with Gasteiger partial charge in [-0.25, -0.2) is 0 Å². The second-order valence-electron chi connectivity index (χ2n) is 7.65. The molecule has 2 heterocycles. The second kappa shape index (κ2) is 5.10. The molecular formula is C17H25BN2O2. The highest BCUT2D eigenvalue weighted by Gasteiger charge is 2.51. The maximum absolute atomic E-state index is 6.12. The molecule has 2 aromatic rings. The third-order valence-electron chi connectivity index (χ3n) is 4.65. The molecule has 0 amide bonds. The molecule has 118 valence electrons. The number of aromatic nitrogens is 2. The average molecular weight is 300 g/mol. The van der Waals surface area contributed by atoms with Crippen LogP contribution in [-0.4, -0.2) is 28.1 Å². The van der Waals surface area contributed by atoms with Crippen molar-refractivity contribution >= 4 is 23.5 Å². The molecule has 22 heavy (non-hydrogen) atoms. The van der Waals surface area contributed by atoms with Crippen molar-refractivity contribution in [3.63, 3.8) is 0 Å². The van der Waals surface area contributed by atoms with Crippen LogP contribution in [0, 0.1) is 5.92 Å². The average Bonchev–Trinajstić information content (AvgIpc) is 2.85. The van der Waals surface area contributed by atoms with Gasteiger partial charge in [-0.1, -0.05) is 26.0 Å².